The number of rotatable bonds is 9. The number of nitrogens with one attached hydrogen (secondary N) is 1. The number of amides is 1. The Morgan fingerprint density at radius 2 is 1.69 bits per heavy atom. The predicted octanol–water partition coefficient (Wildman–Crippen LogP) is 3.87. The van der Waals surface area contributed by atoms with Crippen molar-refractivity contribution >= 4 is 28.9 Å². The van der Waals surface area contributed by atoms with E-state index in [2.05, 4.69) is 10.3 Å². The molecule has 1 amide bonds. The standard InChI is InChI=1S/C23H24N2O6S/c1-14-5-7-18(28-2)17(9-14)25-21(26)12-31-22(27)11-16-13-32-23(24-16)15-6-8-19(29-3)20(10-15)30-4/h5-10,13H,11-12H2,1-4H3,(H,25,26). The molecule has 0 aliphatic carbocycles. The molecule has 0 saturated heterocycles. The van der Waals surface area contributed by atoms with E-state index in [1.165, 1.54) is 18.4 Å². The first-order chi connectivity index (χ1) is 15.4. The summed E-state index contributed by atoms with van der Waals surface area (Å²) in [5, 5.41) is 5.21. The quantitative estimate of drug-likeness (QED) is 0.488. The molecule has 32 heavy (non-hydrogen) atoms. The zero-order valence-corrected chi connectivity index (χ0v) is 19.1. The van der Waals surface area contributed by atoms with Gasteiger partial charge in [-0.15, -0.1) is 11.3 Å². The normalized spacial score (nSPS) is 10.4. The number of carbonyl (C=O) groups is 2. The van der Waals surface area contributed by atoms with Gasteiger partial charge in [-0.25, -0.2) is 4.98 Å². The van der Waals surface area contributed by atoms with Crippen molar-refractivity contribution in [3.05, 3.63) is 53.0 Å². The van der Waals surface area contributed by atoms with Crippen LogP contribution in [0.4, 0.5) is 5.69 Å². The summed E-state index contributed by atoms with van der Waals surface area (Å²) in [7, 11) is 4.66. The summed E-state index contributed by atoms with van der Waals surface area (Å²) in [5.41, 5.74) is 2.89. The van der Waals surface area contributed by atoms with E-state index in [1.54, 1.807) is 37.8 Å². The smallest absolute Gasteiger partial charge is 0.312 e. The van der Waals surface area contributed by atoms with Crippen LogP contribution in [-0.4, -0.2) is 44.8 Å². The van der Waals surface area contributed by atoms with Crippen LogP contribution in [0.5, 0.6) is 17.2 Å². The van der Waals surface area contributed by atoms with Gasteiger partial charge in [-0.1, -0.05) is 6.07 Å². The number of benzene rings is 2. The second-order valence-electron chi connectivity index (χ2n) is 6.80. The lowest BCUT2D eigenvalue weighted by atomic mass is 10.2. The van der Waals surface area contributed by atoms with Crippen molar-refractivity contribution in [1.29, 1.82) is 0 Å². The van der Waals surface area contributed by atoms with E-state index in [0.29, 0.717) is 28.6 Å². The Balaban J connectivity index is 1.55. The third kappa shape index (κ3) is 5.76. The van der Waals surface area contributed by atoms with E-state index in [-0.39, 0.29) is 6.42 Å². The van der Waals surface area contributed by atoms with Crippen LogP contribution in [0.3, 0.4) is 0 Å². The lowest BCUT2D eigenvalue weighted by molar-refractivity contribution is -0.146. The monoisotopic (exact) mass is 456 g/mol. The first kappa shape index (κ1) is 23.1. The van der Waals surface area contributed by atoms with Crippen molar-refractivity contribution in [2.24, 2.45) is 0 Å². The molecule has 1 N–H and O–H groups in total. The molecule has 0 aliphatic rings. The summed E-state index contributed by atoms with van der Waals surface area (Å²) in [6.45, 7) is 1.50. The number of ether oxygens (including phenoxy) is 4. The van der Waals surface area contributed by atoms with Crippen LogP contribution >= 0.6 is 11.3 Å². The van der Waals surface area contributed by atoms with E-state index in [9.17, 15) is 9.59 Å². The number of esters is 1. The van der Waals surface area contributed by atoms with Crippen molar-refractivity contribution in [2.45, 2.75) is 13.3 Å². The number of nitrogens with zero attached hydrogens (tertiary/aromatic N) is 1. The first-order valence-electron chi connectivity index (χ1n) is 9.70. The molecule has 3 rings (SSSR count). The topological polar surface area (TPSA) is 96.0 Å². The molecular formula is C23H24N2O6S. The van der Waals surface area contributed by atoms with Crippen LogP contribution in [0.2, 0.25) is 0 Å². The molecule has 0 spiro atoms. The maximum Gasteiger partial charge on any atom is 0.312 e. The maximum atomic E-state index is 12.2. The van der Waals surface area contributed by atoms with Crippen LogP contribution < -0.4 is 19.5 Å². The number of thiazole rings is 1. The summed E-state index contributed by atoms with van der Waals surface area (Å²) in [6, 6.07) is 10.9. The van der Waals surface area contributed by atoms with Crippen molar-refractivity contribution in [3.63, 3.8) is 0 Å². The molecule has 0 unspecified atom stereocenters. The van der Waals surface area contributed by atoms with Crippen molar-refractivity contribution in [3.8, 4) is 27.8 Å². The number of hydrogen-bond acceptors (Lipinski definition) is 8. The lowest BCUT2D eigenvalue weighted by Crippen LogP contribution is -2.22. The minimum atomic E-state index is -0.541. The molecule has 0 radical (unpaired) electrons. The Labute approximate surface area is 190 Å². The van der Waals surface area contributed by atoms with E-state index in [4.69, 9.17) is 18.9 Å². The Bertz CT molecular complexity index is 1110. The number of carbonyl (C=O) groups excluding carboxylic acids is 2. The second-order valence-corrected chi connectivity index (χ2v) is 7.66. The molecule has 1 aromatic heterocycles. The van der Waals surface area contributed by atoms with Crippen LogP contribution in [0.25, 0.3) is 10.6 Å². The SMILES string of the molecule is COc1ccc(C)cc1NC(=O)COC(=O)Cc1csc(-c2ccc(OC)c(OC)c2)n1. The van der Waals surface area contributed by atoms with Crippen molar-refractivity contribution in [1.82, 2.24) is 4.98 Å². The number of aryl methyl sites for hydroxylation is 1. The number of anilines is 1. The molecule has 9 heteroatoms. The Kier molecular flexibility index (Phi) is 7.67. The van der Waals surface area contributed by atoms with E-state index >= 15 is 0 Å². The van der Waals surface area contributed by atoms with Crippen LogP contribution in [0, 0.1) is 6.92 Å². The van der Waals surface area contributed by atoms with E-state index in [0.717, 1.165) is 16.1 Å². The molecule has 0 atom stereocenters. The third-order valence-electron chi connectivity index (χ3n) is 4.50. The zero-order valence-electron chi connectivity index (χ0n) is 18.3. The third-order valence-corrected chi connectivity index (χ3v) is 5.44. The average Bonchev–Trinajstić information content (AvgIpc) is 3.25. The van der Waals surface area contributed by atoms with Gasteiger partial charge in [0.25, 0.3) is 5.91 Å². The minimum Gasteiger partial charge on any atom is -0.495 e. The van der Waals surface area contributed by atoms with Gasteiger partial charge in [0.15, 0.2) is 18.1 Å². The molecular weight excluding hydrogens is 432 g/mol. The van der Waals surface area contributed by atoms with Gasteiger partial charge in [0.05, 0.1) is 39.1 Å². The molecule has 8 nitrogen and oxygen atoms in total. The molecule has 3 aromatic rings. The summed E-state index contributed by atoms with van der Waals surface area (Å²) in [6.07, 6.45) is -0.0369. The molecule has 2 aromatic carbocycles. The highest BCUT2D eigenvalue weighted by molar-refractivity contribution is 7.13. The predicted molar refractivity (Wildman–Crippen MR) is 122 cm³/mol. The summed E-state index contributed by atoms with van der Waals surface area (Å²) < 4.78 is 20.9. The van der Waals surface area contributed by atoms with Gasteiger partial charge < -0.3 is 24.3 Å². The molecule has 1 heterocycles. The average molecular weight is 457 g/mol. The Hall–Kier alpha value is -3.59. The maximum absolute atomic E-state index is 12.2. The van der Waals surface area contributed by atoms with Crippen LogP contribution in [-0.2, 0) is 20.7 Å². The van der Waals surface area contributed by atoms with Gasteiger partial charge in [0, 0.05) is 10.9 Å². The fourth-order valence-electron chi connectivity index (χ4n) is 2.94. The van der Waals surface area contributed by atoms with Crippen molar-refractivity contribution < 1.29 is 28.5 Å². The number of aromatic nitrogens is 1. The lowest BCUT2D eigenvalue weighted by Gasteiger charge is -2.11. The highest BCUT2D eigenvalue weighted by atomic mass is 32.1. The fourth-order valence-corrected chi connectivity index (χ4v) is 3.76. The van der Waals surface area contributed by atoms with Gasteiger partial charge >= 0.3 is 5.97 Å². The van der Waals surface area contributed by atoms with Gasteiger partial charge in [-0.2, -0.15) is 0 Å². The summed E-state index contributed by atoms with van der Waals surface area (Å²) in [4.78, 5) is 28.8. The van der Waals surface area contributed by atoms with E-state index < -0.39 is 18.5 Å². The highest BCUT2D eigenvalue weighted by Gasteiger charge is 2.14. The molecule has 0 bridgehead atoms. The zero-order chi connectivity index (χ0) is 23.1. The molecule has 168 valence electrons. The van der Waals surface area contributed by atoms with Gasteiger partial charge in [0.1, 0.15) is 10.8 Å². The van der Waals surface area contributed by atoms with E-state index in [1.807, 2.05) is 25.1 Å². The highest BCUT2D eigenvalue weighted by Crippen LogP contribution is 2.33. The van der Waals surface area contributed by atoms with Crippen LogP contribution in [0.15, 0.2) is 41.8 Å². The fraction of sp³-hybridized carbons (Fsp3) is 0.261. The number of methoxy groups -OCH3 is 3. The van der Waals surface area contributed by atoms with Crippen LogP contribution in [0.1, 0.15) is 11.3 Å². The molecule has 0 aliphatic heterocycles. The summed E-state index contributed by atoms with van der Waals surface area (Å²) >= 11 is 1.40. The summed E-state index contributed by atoms with van der Waals surface area (Å²) in [5.74, 6) is 0.753. The van der Waals surface area contributed by atoms with Crippen molar-refractivity contribution in [2.75, 3.05) is 33.3 Å². The van der Waals surface area contributed by atoms with Gasteiger partial charge in [-0.05, 0) is 42.8 Å². The largest absolute Gasteiger partial charge is 0.495 e. The molecule has 0 fully saturated rings. The number of hydrogen-bond donors (Lipinski definition) is 1. The Morgan fingerprint density at radius 3 is 2.41 bits per heavy atom. The minimum absolute atomic E-state index is 0.0369. The molecule has 0 saturated carbocycles. The first-order valence-corrected chi connectivity index (χ1v) is 10.6. The Morgan fingerprint density at radius 1 is 0.969 bits per heavy atom. The second kappa shape index (κ2) is 10.6. The van der Waals surface area contributed by atoms with Gasteiger partial charge in [0.2, 0.25) is 0 Å². The van der Waals surface area contributed by atoms with Gasteiger partial charge in [-0.3, -0.25) is 9.59 Å².